The molecule has 1 aliphatic rings. The quantitative estimate of drug-likeness (QED) is 0.567. The molecule has 0 spiro atoms. The minimum Gasteiger partial charge on any atom is -0.322 e. The van der Waals surface area contributed by atoms with Crippen molar-refractivity contribution in [1.82, 2.24) is 4.90 Å². The van der Waals surface area contributed by atoms with Gasteiger partial charge in [0.25, 0.3) is 5.91 Å². The summed E-state index contributed by atoms with van der Waals surface area (Å²) in [6, 6.07) is 20.7. The molecule has 5 nitrogen and oxygen atoms in total. The lowest BCUT2D eigenvalue weighted by molar-refractivity contribution is 0.102. The van der Waals surface area contributed by atoms with Crippen molar-refractivity contribution in [2.75, 3.05) is 23.3 Å². The van der Waals surface area contributed by atoms with Crippen LogP contribution in [0.15, 0.2) is 72.8 Å². The van der Waals surface area contributed by atoms with E-state index < -0.39 is 5.82 Å². The molecule has 3 amide bonds. The van der Waals surface area contributed by atoms with Crippen LogP contribution in [0.5, 0.6) is 0 Å². The van der Waals surface area contributed by atoms with Gasteiger partial charge in [-0.1, -0.05) is 41.9 Å². The minimum atomic E-state index is -0.493. The highest BCUT2D eigenvalue weighted by atomic mass is 35.5. The SMILES string of the molecule is O=C(Nc1ccc(N2CCCN(Cc3cccc(Cl)c3F)C2=O)cc1)c1ccccc1. The Labute approximate surface area is 185 Å². The Morgan fingerprint density at radius 2 is 1.71 bits per heavy atom. The van der Waals surface area contributed by atoms with Gasteiger partial charge in [-0.25, -0.2) is 9.18 Å². The van der Waals surface area contributed by atoms with Gasteiger partial charge in [0.05, 0.1) is 11.6 Å². The number of urea groups is 1. The molecule has 0 saturated carbocycles. The van der Waals surface area contributed by atoms with Gasteiger partial charge >= 0.3 is 6.03 Å². The largest absolute Gasteiger partial charge is 0.324 e. The Morgan fingerprint density at radius 1 is 0.968 bits per heavy atom. The molecule has 1 heterocycles. The van der Waals surface area contributed by atoms with Crippen LogP contribution in [0.4, 0.5) is 20.6 Å². The van der Waals surface area contributed by atoms with Crippen LogP contribution >= 0.6 is 11.6 Å². The fraction of sp³-hybridized carbons (Fsp3) is 0.167. The normalized spacial score (nSPS) is 13.9. The van der Waals surface area contributed by atoms with E-state index in [4.69, 9.17) is 11.6 Å². The van der Waals surface area contributed by atoms with Crippen molar-refractivity contribution >= 4 is 34.9 Å². The van der Waals surface area contributed by atoms with Crippen LogP contribution in [0.1, 0.15) is 22.3 Å². The molecular weight excluding hydrogens is 417 g/mol. The molecule has 1 saturated heterocycles. The standard InChI is InChI=1S/C24H21ClFN3O2/c25-21-9-4-8-18(22(21)26)16-28-14-5-15-29(24(28)31)20-12-10-19(11-13-20)27-23(30)17-6-2-1-3-7-17/h1-4,6-13H,5,14-16H2,(H,27,30). The van der Waals surface area contributed by atoms with Crippen molar-refractivity contribution in [2.45, 2.75) is 13.0 Å². The van der Waals surface area contributed by atoms with Crippen LogP contribution in [0.2, 0.25) is 5.02 Å². The van der Waals surface area contributed by atoms with Crippen molar-refractivity contribution in [3.63, 3.8) is 0 Å². The molecule has 1 N–H and O–H groups in total. The first-order chi connectivity index (χ1) is 15.0. The Hall–Kier alpha value is -3.38. The number of halogens is 2. The van der Waals surface area contributed by atoms with Gasteiger partial charge in [0.1, 0.15) is 5.82 Å². The zero-order valence-electron chi connectivity index (χ0n) is 16.7. The van der Waals surface area contributed by atoms with E-state index >= 15 is 0 Å². The first kappa shape index (κ1) is 20.9. The van der Waals surface area contributed by atoms with Gasteiger partial charge in [-0.15, -0.1) is 0 Å². The van der Waals surface area contributed by atoms with E-state index in [2.05, 4.69) is 5.32 Å². The van der Waals surface area contributed by atoms with Crippen molar-refractivity contribution in [1.29, 1.82) is 0 Å². The summed E-state index contributed by atoms with van der Waals surface area (Å²) in [5.41, 5.74) is 2.32. The van der Waals surface area contributed by atoms with E-state index in [1.807, 2.05) is 6.07 Å². The van der Waals surface area contributed by atoms with E-state index in [-0.39, 0.29) is 23.5 Å². The van der Waals surface area contributed by atoms with E-state index in [0.717, 1.165) is 12.1 Å². The number of amides is 3. The van der Waals surface area contributed by atoms with Crippen LogP contribution < -0.4 is 10.2 Å². The molecule has 0 aromatic heterocycles. The third-order valence-corrected chi connectivity index (χ3v) is 5.47. The van der Waals surface area contributed by atoms with Crippen LogP contribution in [0, 0.1) is 5.82 Å². The molecule has 1 fully saturated rings. The van der Waals surface area contributed by atoms with E-state index in [0.29, 0.717) is 29.9 Å². The van der Waals surface area contributed by atoms with Gasteiger partial charge < -0.3 is 10.2 Å². The molecule has 1 aliphatic heterocycles. The number of carbonyl (C=O) groups is 2. The highest BCUT2D eigenvalue weighted by Gasteiger charge is 2.27. The summed E-state index contributed by atoms with van der Waals surface area (Å²) in [6.07, 6.45) is 0.764. The highest BCUT2D eigenvalue weighted by Crippen LogP contribution is 2.25. The maximum atomic E-state index is 14.3. The van der Waals surface area contributed by atoms with Crippen LogP contribution in [-0.4, -0.2) is 29.9 Å². The first-order valence-corrected chi connectivity index (χ1v) is 10.4. The number of nitrogens with one attached hydrogen (secondary N) is 1. The van der Waals surface area contributed by atoms with Gasteiger partial charge in [-0.2, -0.15) is 0 Å². The molecule has 3 aromatic rings. The van der Waals surface area contributed by atoms with Crippen molar-refractivity contribution in [3.05, 3.63) is 94.8 Å². The molecule has 0 atom stereocenters. The Balaban J connectivity index is 1.44. The van der Waals surface area contributed by atoms with Crippen molar-refractivity contribution < 1.29 is 14.0 Å². The topological polar surface area (TPSA) is 52.7 Å². The number of carbonyl (C=O) groups excluding carboxylic acids is 2. The summed E-state index contributed by atoms with van der Waals surface area (Å²) < 4.78 is 14.3. The lowest BCUT2D eigenvalue weighted by atomic mass is 10.1. The smallest absolute Gasteiger partial charge is 0.322 e. The van der Waals surface area contributed by atoms with Crippen molar-refractivity contribution in [3.8, 4) is 0 Å². The number of nitrogens with zero attached hydrogens (tertiary/aromatic N) is 2. The van der Waals surface area contributed by atoms with Gasteiger partial charge in [0.2, 0.25) is 0 Å². The molecule has 0 aliphatic carbocycles. The van der Waals surface area contributed by atoms with Crippen molar-refractivity contribution in [2.24, 2.45) is 0 Å². The molecule has 4 rings (SSSR count). The Kier molecular flexibility index (Phi) is 6.18. The Bertz CT molecular complexity index is 1090. The summed E-state index contributed by atoms with van der Waals surface area (Å²) in [5.74, 6) is -0.690. The molecule has 7 heteroatoms. The van der Waals surface area contributed by atoms with Crippen LogP contribution in [-0.2, 0) is 6.54 Å². The van der Waals surface area contributed by atoms with Gasteiger partial charge in [-0.05, 0) is 48.9 Å². The van der Waals surface area contributed by atoms with Gasteiger partial charge in [-0.3, -0.25) is 9.69 Å². The molecule has 0 unspecified atom stereocenters. The predicted molar refractivity (Wildman–Crippen MR) is 120 cm³/mol. The average Bonchev–Trinajstić information content (AvgIpc) is 2.79. The maximum absolute atomic E-state index is 14.3. The fourth-order valence-electron chi connectivity index (χ4n) is 3.56. The van der Waals surface area contributed by atoms with Crippen LogP contribution in [0.3, 0.4) is 0 Å². The van der Waals surface area contributed by atoms with E-state index in [1.54, 1.807) is 70.5 Å². The molecule has 31 heavy (non-hydrogen) atoms. The second-order valence-corrected chi connectivity index (χ2v) is 7.70. The monoisotopic (exact) mass is 437 g/mol. The van der Waals surface area contributed by atoms with Crippen LogP contribution in [0.25, 0.3) is 0 Å². The van der Waals surface area contributed by atoms with E-state index in [9.17, 15) is 14.0 Å². The molecular formula is C24H21ClFN3O2. The second kappa shape index (κ2) is 9.18. The number of benzene rings is 3. The summed E-state index contributed by atoms with van der Waals surface area (Å²) in [7, 11) is 0. The zero-order valence-corrected chi connectivity index (χ0v) is 17.5. The third kappa shape index (κ3) is 4.70. The fourth-order valence-corrected chi connectivity index (χ4v) is 3.76. The summed E-state index contributed by atoms with van der Waals surface area (Å²) in [6.45, 7) is 1.28. The second-order valence-electron chi connectivity index (χ2n) is 7.29. The highest BCUT2D eigenvalue weighted by molar-refractivity contribution is 6.30. The summed E-state index contributed by atoms with van der Waals surface area (Å²) >= 11 is 5.86. The van der Waals surface area contributed by atoms with E-state index in [1.165, 1.54) is 6.07 Å². The predicted octanol–water partition coefficient (Wildman–Crippen LogP) is 5.56. The number of hydrogen-bond donors (Lipinski definition) is 1. The molecule has 0 bridgehead atoms. The number of rotatable bonds is 5. The number of hydrogen-bond acceptors (Lipinski definition) is 2. The maximum Gasteiger partial charge on any atom is 0.324 e. The summed E-state index contributed by atoms with van der Waals surface area (Å²) in [4.78, 5) is 28.6. The third-order valence-electron chi connectivity index (χ3n) is 5.18. The number of anilines is 2. The molecule has 3 aromatic carbocycles. The average molecular weight is 438 g/mol. The Morgan fingerprint density at radius 3 is 2.45 bits per heavy atom. The minimum absolute atomic E-state index is 0.0481. The molecule has 158 valence electrons. The zero-order chi connectivity index (χ0) is 21.8. The lowest BCUT2D eigenvalue weighted by Gasteiger charge is -2.35. The first-order valence-electron chi connectivity index (χ1n) is 9.99. The molecule has 0 radical (unpaired) electrons. The van der Waals surface area contributed by atoms with Gasteiger partial charge in [0, 0.05) is 35.6 Å². The van der Waals surface area contributed by atoms with Gasteiger partial charge in [0.15, 0.2) is 0 Å². The lowest BCUT2D eigenvalue weighted by Crippen LogP contribution is -2.49. The summed E-state index contributed by atoms with van der Waals surface area (Å²) in [5, 5.41) is 2.89.